The topological polar surface area (TPSA) is 65.5 Å². The Hall–Kier alpha value is -2.67. The van der Waals surface area contributed by atoms with E-state index in [2.05, 4.69) is 10.3 Å². The lowest BCUT2D eigenvalue weighted by molar-refractivity contribution is -0.117. The highest BCUT2D eigenvalue weighted by molar-refractivity contribution is 6.30. The second-order valence-electron chi connectivity index (χ2n) is 7.02. The summed E-state index contributed by atoms with van der Waals surface area (Å²) < 4.78 is 13.4. The maximum Gasteiger partial charge on any atom is 0.255 e. The Morgan fingerprint density at radius 2 is 1.96 bits per heavy atom. The van der Waals surface area contributed by atoms with Gasteiger partial charge in [-0.2, -0.15) is 0 Å². The van der Waals surface area contributed by atoms with Crippen molar-refractivity contribution in [1.82, 2.24) is 9.88 Å². The maximum atomic E-state index is 13.4. The summed E-state index contributed by atoms with van der Waals surface area (Å²) in [5, 5.41) is 3.62. The number of rotatable bonds is 3. The maximum absolute atomic E-state index is 13.4. The van der Waals surface area contributed by atoms with E-state index in [0.717, 1.165) is 5.56 Å². The molecule has 1 aromatic heterocycles. The van der Waals surface area contributed by atoms with E-state index in [4.69, 9.17) is 11.6 Å². The Labute approximate surface area is 167 Å². The molecule has 0 unspecified atom stereocenters. The standard InChI is InChI=1S/C20H20ClFN4O2/c21-15-3-1-13(2-4-15)12-26-17-9-14(10-23-19(17)24-11-18(26)27)20(28)25-7-5-16(22)6-8-25/h1-4,9-10,16H,5-8,11-12H2,(H,23,24). The fourth-order valence-electron chi connectivity index (χ4n) is 3.48. The zero-order valence-electron chi connectivity index (χ0n) is 15.2. The third-order valence-electron chi connectivity index (χ3n) is 5.08. The van der Waals surface area contributed by atoms with Gasteiger partial charge in [-0.25, -0.2) is 9.37 Å². The monoisotopic (exact) mass is 402 g/mol. The van der Waals surface area contributed by atoms with Gasteiger partial charge in [0.2, 0.25) is 5.91 Å². The molecule has 28 heavy (non-hydrogen) atoms. The first kappa shape index (κ1) is 18.7. The van der Waals surface area contributed by atoms with Gasteiger partial charge in [-0.05, 0) is 36.6 Å². The van der Waals surface area contributed by atoms with Crippen LogP contribution in [-0.2, 0) is 11.3 Å². The highest BCUT2D eigenvalue weighted by Gasteiger charge is 2.28. The quantitative estimate of drug-likeness (QED) is 0.855. The number of hydrogen-bond donors (Lipinski definition) is 1. The Kier molecular flexibility index (Phi) is 5.17. The largest absolute Gasteiger partial charge is 0.359 e. The number of fused-ring (bicyclic) bond motifs is 1. The highest BCUT2D eigenvalue weighted by Crippen LogP contribution is 2.30. The number of amides is 2. The molecule has 0 aliphatic carbocycles. The lowest BCUT2D eigenvalue weighted by atomic mass is 10.1. The van der Waals surface area contributed by atoms with Crippen LogP contribution in [0.4, 0.5) is 15.9 Å². The number of benzene rings is 1. The molecule has 4 rings (SSSR count). The predicted octanol–water partition coefficient (Wildman–Crippen LogP) is 3.27. The third-order valence-corrected chi connectivity index (χ3v) is 5.33. The minimum atomic E-state index is -0.845. The molecule has 0 bridgehead atoms. The summed E-state index contributed by atoms with van der Waals surface area (Å²) >= 11 is 5.94. The predicted molar refractivity (Wildman–Crippen MR) is 105 cm³/mol. The molecule has 2 aromatic rings. The molecule has 2 amide bonds. The van der Waals surface area contributed by atoms with E-state index in [9.17, 15) is 14.0 Å². The summed E-state index contributed by atoms with van der Waals surface area (Å²) in [6.07, 6.45) is 1.37. The Morgan fingerprint density at radius 1 is 1.25 bits per heavy atom. The number of aromatic nitrogens is 1. The molecule has 0 atom stereocenters. The van der Waals surface area contributed by atoms with Gasteiger partial charge >= 0.3 is 0 Å². The van der Waals surface area contributed by atoms with Crippen LogP contribution in [0.5, 0.6) is 0 Å². The number of nitrogens with zero attached hydrogens (tertiary/aromatic N) is 3. The lowest BCUT2D eigenvalue weighted by Gasteiger charge is -2.31. The summed E-state index contributed by atoms with van der Waals surface area (Å²) in [7, 11) is 0. The molecule has 2 aliphatic rings. The number of anilines is 2. The van der Waals surface area contributed by atoms with Gasteiger partial charge in [-0.3, -0.25) is 9.59 Å². The molecule has 1 saturated heterocycles. The minimum absolute atomic E-state index is 0.105. The first-order chi connectivity index (χ1) is 13.5. The molecule has 0 spiro atoms. The van der Waals surface area contributed by atoms with Crippen LogP contribution >= 0.6 is 11.6 Å². The number of alkyl halides is 1. The summed E-state index contributed by atoms with van der Waals surface area (Å²) in [5.41, 5.74) is 1.89. The molecular formula is C20H20ClFN4O2. The number of piperidine rings is 1. The number of carbonyl (C=O) groups excluding carboxylic acids is 2. The van der Waals surface area contributed by atoms with Crippen molar-refractivity contribution < 1.29 is 14.0 Å². The van der Waals surface area contributed by atoms with Gasteiger partial charge in [0.05, 0.1) is 24.3 Å². The number of carbonyl (C=O) groups is 2. The summed E-state index contributed by atoms with van der Waals surface area (Å²) in [5.74, 6) is 0.270. The lowest BCUT2D eigenvalue weighted by Crippen LogP contribution is -2.41. The van der Waals surface area contributed by atoms with Crippen molar-refractivity contribution in [3.05, 3.63) is 52.7 Å². The van der Waals surface area contributed by atoms with E-state index in [0.29, 0.717) is 54.6 Å². The fourth-order valence-corrected chi connectivity index (χ4v) is 3.61. The van der Waals surface area contributed by atoms with Crippen LogP contribution in [0.2, 0.25) is 5.02 Å². The average Bonchev–Trinajstić information content (AvgIpc) is 2.71. The molecule has 8 heteroatoms. The molecule has 1 aromatic carbocycles. The second kappa shape index (κ2) is 7.75. The van der Waals surface area contributed by atoms with Gasteiger partial charge in [0.15, 0.2) is 5.82 Å². The summed E-state index contributed by atoms with van der Waals surface area (Å²) in [6.45, 7) is 1.29. The van der Waals surface area contributed by atoms with Crippen LogP contribution < -0.4 is 10.2 Å². The van der Waals surface area contributed by atoms with Crippen molar-refractivity contribution in [3.8, 4) is 0 Å². The van der Waals surface area contributed by atoms with Crippen molar-refractivity contribution in [1.29, 1.82) is 0 Å². The van der Waals surface area contributed by atoms with Crippen molar-refractivity contribution in [2.75, 3.05) is 29.9 Å². The van der Waals surface area contributed by atoms with Gasteiger partial charge in [0, 0.05) is 24.3 Å². The number of hydrogen-bond acceptors (Lipinski definition) is 4. The molecular weight excluding hydrogens is 383 g/mol. The van der Waals surface area contributed by atoms with E-state index >= 15 is 0 Å². The van der Waals surface area contributed by atoms with Gasteiger partial charge in [0.25, 0.3) is 5.91 Å². The Morgan fingerprint density at radius 3 is 2.68 bits per heavy atom. The SMILES string of the molecule is O=C(c1cnc2c(c1)N(Cc1ccc(Cl)cc1)C(=O)CN2)N1CCC(F)CC1. The van der Waals surface area contributed by atoms with Crippen LogP contribution in [-0.4, -0.2) is 47.5 Å². The molecule has 1 fully saturated rings. The smallest absolute Gasteiger partial charge is 0.255 e. The van der Waals surface area contributed by atoms with Crippen LogP contribution in [0, 0.1) is 0 Å². The van der Waals surface area contributed by atoms with E-state index in [-0.39, 0.29) is 18.4 Å². The molecule has 0 saturated carbocycles. The number of nitrogens with one attached hydrogen (secondary N) is 1. The van der Waals surface area contributed by atoms with Gasteiger partial charge in [-0.15, -0.1) is 0 Å². The van der Waals surface area contributed by atoms with Crippen molar-refractivity contribution in [3.63, 3.8) is 0 Å². The van der Waals surface area contributed by atoms with Crippen molar-refractivity contribution in [2.45, 2.75) is 25.6 Å². The molecule has 1 N–H and O–H groups in total. The van der Waals surface area contributed by atoms with Crippen molar-refractivity contribution >= 4 is 34.9 Å². The normalized spacial score (nSPS) is 17.3. The van der Waals surface area contributed by atoms with Crippen LogP contribution in [0.1, 0.15) is 28.8 Å². The van der Waals surface area contributed by atoms with Crippen LogP contribution in [0.25, 0.3) is 0 Å². The molecule has 6 nitrogen and oxygen atoms in total. The van der Waals surface area contributed by atoms with E-state index in [1.165, 1.54) is 6.20 Å². The summed E-state index contributed by atoms with van der Waals surface area (Å²) in [4.78, 5) is 32.9. The number of halogens is 2. The van der Waals surface area contributed by atoms with E-state index < -0.39 is 6.17 Å². The zero-order valence-corrected chi connectivity index (χ0v) is 16.0. The first-order valence-electron chi connectivity index (χ1n) is 9.23. The van der Waals surface area contributed by atoms with Crippen molar-refractivity contribution in [2.24, 2.45) is 0 Å². The third kappa shape index (κ3) is 3.80. The second-order valence-corrected chi connectivity index (χ2v) is 7.45. The molecule has 2 aliphatic heterocycles. The van der Waals surface area contributed by atoms with Gasteiger partial charge in [-0.1, -0.05) is 23.7 Å². The number of pyridine rings is 1. The number of likely N-dealkylation sites (tertiary alicyclic amines) is 1. The highest BCUT2D eigenvalue weighted by atomic mass is 35.5. The fraction of sp³-hybridized carbons (Fsp3) is 0.350. The van der Waals surface area contributed by atoms with E-state index in [1.807, 2.05) is 12.1 Å². The van der Waals surface area contributed by atoms with E-state index in [1.54, 1.807) is 28.0 Å². The van der Waals surface area contributed by atoms with Crippen LogP contribution in [0.15, 0.2) is 36.5 Å². The molecule has 3 heterocycles. The minimum Gasteiger partial charge on any atom is -0.359 e. The van der Waals surface area contributed by atoms with Gasteiger partial charge < -0.3 is 15.1 Å². The average molecular weight is 403 g/mol. The Bertz CT molecular complexity index is 898. The van der Waals surface area contributed by atoms with Crippen LogP contribution in [0.3, 0.4) is 0 Å². The molecule has 146 valence electrons. The van der Waals surface area contributed by atoms with Gasteiger partial charge in [0.1, 0.15) is 6.17 Å². The zero-order chi connectivity index (χ0) is 19.7. The Balaban J connectivity index is 1.60. The summed E-state index contributed by atoms with van der Waals surface area (Å²) in [6, 6.07) is 8.96. The molecule has 0 radical (unpaired) electrons. The first-order valence-corrected chi connectivity index (χ1v) is 9.61.